The number of amides is 1. The Morgan fingerprint density at radius 2 is 2.17 bits per heavy atom. The van der Waals surface area contributed by atoms with E-state index in [1.165, 1.54) is 0 Å². The Balaban J connectivity index is 1.78. The van der Waals surface area contributed by atoms with Gasteiger partial charge in [0.2, 0.25) is 5.76 Å². The van der Waals surface area contributed by atoms with Crippen molar-refractivity contribution >= 4 is 5.91 Å². The smallest absolute Gasteiger partial charge is 0.293 e. The van der Waals surface area contributed by atoms with Crippen molar-refractivity contribution in [2.45, 2.75) is 58.4 Å². The van der Waals surface area contributed by atoms with Crippen molar-refractivity contribution in [1.82, 2.24) is 15.2 Å². The highest BCUT2D eigenvalue weighted by atomic mass is 16.5. The quantitative estimate of drug-likeness (QED) is 0.840. The fourth-order valence-corrected chi connectivity index (χ4v) is 2.97. The molecule has 0 saturated carbocycles. The number of hydrogen-bond donors (Lipinski definition) is 0. The van der Waals surface area contributed by atoms with Crippen LogP contribution in [0.2, 0.25) is 0 Å². The van der Waals surface area contributed by atoms with Crippen LogP contribution in [0.1, 0.15) is 79.7 Å². The van der Waals surface area contributed by atoms with Crippen LogP contribution < -0.4 is 0 Å². The van der Waals surface area contributed by atoms with E-state index in [4.69, 9.17) is 9.05 Å². The summed E-state index contributed by atoms with van der Waals surface area (Å²) in [6.07, 6.45) is 3.73. The molecule has 1 aliphatic rings. The fourth-order valence-electron chi connectivity index (χ4n) is 2.97. The highest BCUT2D eigenvalue weighted by molar-refractivity contribution is 5.92. The van der Waals surface area contributed by atoms with E-state index in [1.807, 2.05) is 24.8 Å². The van der Waals surface area contributed by atoms with Crippen LogP contribution in [0.15, 0.2) is 21.2 Å². The van der Waals surface area contributed by atoms with Gasteiger partial charge in [-0.1, -0.05) is 31.1 Å². The Morgan fingerprint density at radius 1 is 1.35 bits per heavy atom. The fraction of sp³-hybridized carbons (Fsp3) is 0.588. The number of hydrogen-bond acceptors (Lipinski definition) is 5. The summed E-state index contributed by atoms with van der Waals surface area (Å²) in [6, 6.07) is 3.68. The molecule has 2 aromatic heterocycles. The first kappa shape index (κ1) is 15.8. The zero-order chi connectivity index (χ0) is 16.4. The molecule has 23 heavy (non-hydrogen) atoms. The molecule has 1 aliphatic heterocycles. The van der Waals surface area contributed by atoms with Gasteiger partial charge in [-0.25, -0.2) is 0 Å². The molecule has 6 heteroatoms. The maximum absolute atomic E-state index is 12.7. The summed E-state index contributed by atoms with van der Waals surface area (Å²) in [7, 11) is 0. The molecular formula is C17H23N3O3. The summed E-state index contributed by atoms with van der Waals surface area (Å²) in [6.45, 7) is 6.85. The molecule has 0 aromatic carbocycles. The van der Waals surface area contributed by atoms with E-state index in [1.54, 1.807) is 6.07 Å². The van der Waals surface area contributed by atoms with Crippen LogP contribution >= 0.6 is 0 Å². The van der Waals surface area contributed by atoms with Crippen LogP contribution in [0.5, 0.6) is 0 Å². The van der Waals surface area contributed by atoms with Crippen molar-refractivity contribution in [2.75, 3.05) is 6.54 Å². The number of rotatable bonds is 5. The second-order valence-electron chi connectivity index (χ2n) is 6.40. The minimum atomic E-state index is -0.119. The van der Waals surface area contributed by atoms with E-state index in [2.05, 4.69) is 17.2 Å². The average Bonchev–Trinajstić information content (AvgIpc) is 3.26. The monoisotopic (exact) mass is 317 g/mol. The number of aromatic nitrogens is 2. The van der Waals surface area contributed by atoms with Crippen molar-refractivity contribution < 1.29 is 13.8 Å². The first-order valence-electron chi connectivity index (χ1n) is 8.33. The largest absolute Gasteiger partial charge is 0.361 e. The molecule has 1 amide bonds. The van der Waals surface area contributed by atoms with Crippen LogP contribution in [-0.4, -0.2) is 27.7 Å². The third kappa shape index (κ3) is 3.16. The molecule has 0 unspecified atom stereocenters. The lowest BCUT2D eigenvalue weighted by Crippen LogP contribution is -2.30. The summed E-state index contributed by atoms with van der Waals surface area (Å²) < 4.78 is 10.6. The highest BCUT2D eigenvalue weighted by Crippen LogP contribution is 2.33. The average molecular weight is 317 g/mol. The van der Waals surface area contributed by atoms with Gasteiger partial charge in [-0.15, -0.1) is 0 Å². The molecule has 1 fully saturated rings. The van der Waals surface area contributed by atoms with Gasteiger partial charge in [-0.3, -0.25) is 4.79 Å². The van der Waals surface area contributed by atoms with E-state index in [9.17, 15) is 4.79 Å². The van der Waals surface area contributed by atoms with Crippen molar-refractivity contribution in [1.29, 1.82) is 0 Å². The topological polar surface area (TPSA) is 72.4 Å². The van der Waals surface area contributed by atoms with Crippen LogP contribution in [0.25, 0.3) is 0 Å². The Morgan fingerprint density at radius 3 is 2.87 bits per heavy atom. The lowest BCUT2D eigenvalue weighted by molar-refractivity contribution is 0.0688. The zero-order valence-corrected chi connectivity index (χ0v) is 13.9. The minimum absolute atomic E-state index is 0.0375. The van der Waals surface area contributed by atoms with Crippen molar-refractivity contribution in [2.24, 2.45) is 0 Å². The highest BCUT2D eigenvalue weighted by Gasteiger charge is 2.34. The molecule has 0 bridgehead atoms. The van der Waals surface area contributed by atoms with Gasteiger partial charge in [0, 0.05) is 25.1 Å². The van der Waals surface area contributed by atoms with Gasteiger partial charge in [-0.05, 0) is 25.2 Å². The van der Waals surface area contributed by atoms with Crippen molar-refractivity contribution in [3.8, 4) is 0 Å². The molecule has 6 nitrogen and oxygen atoms in total. The van der Waals surface area contributed by atoms with Gasteiger partial charge in [0.1, 0.15) is 11.5 Å². The SMILES string of the molecule is CCCc1cc([C@H]2CCCN2C(=O)c2cc(C(C)C)no2)no1. The first-order valence-corrected chi connectivity index (χ1v) is 8.33. The standard InChI is InChI=1S/C17H23N3O3/c1-4-6-12-9-14(19-22-12)15-7-5-8-20(15)17(21)16-10-13(11(2)3)18-23-16/h9-11,15H,4-8H2,1-3H3/t15-/m1/s1. The molecule has 0 spiro atoms. The van der Waals surface area contributed by atoms with Gasteiger partial charge in [0.15, 0.2) is 0 Å². The third-order valence-electron chi connectivity index (χ3n) is 4.26. The minimum Gasteiger partial charge on any atom is -0.361 e. The molecule has 0 aliphatic carbocycles. The van der Waals surface area contributed by atoms with E-state index in [-0.39, 0.29) is 17.9 Å². The Labute approximate surface area is 135 Å². The normalized spacial score (nSPS) is 18.1. The molecular weight excluding hydrogens is 294 g/mol. The van der Waals surface area contributed by atoms with Gasteiger partial charge < -0.3 is 13.9 Å². The second kappa shape index (κ2) is 6.56. The predicted octanol–water partition coefficient (Wildman–Crippen LogP) is 3.72. The summed E-state index contributed by atoms with van der Waals surface area (Å²) >= 11 is 0. The lowest BCUT2D eigenvalue weighted by atomic mass is 10.1. The van der Waals surface area contributed by atoms with Crippen molar-refractivity contribution in [3.63, 3.8) is 0 Å². The molecule has 3 rings (SSSR count). The molecule has 1 atom stereocenters. The molecule has 1 saturated heterocycles. The zero-order valence-electron chi connectivity index (χ0n) is 13.9. The second-order valence-corrected chi connectivity index (χ2v) is 6.40. The van der Waals surface area contributed by atoms with E-state index in [0.29, 0.717) is 12.3 Å². The maximum atomic E-state index is 12.7. The number of likely N-dealkylation sites (tertiary alicyclic amines) is 1. The molecule has 2 aromatic rings. The van der Waals surface area contributed by atoms with Gasteiger partial charge in [0.25, 0.3) is 5.91 Å². The van der Waals surface area contributed by atoms with Crippen LogP contribution in [0.3, 0.4) is 0 Å². The van der Waals surface area contributed by atoms with Crippen LogP contribution in [0, 0.1) is 0 Å². The van der Waals surface area contributed by atoms with E-state index >= 15 is 0 Å². The summed E-state index contributed by atoms with van der Waals surface area (Å²) in [5, 5.41) is 8.14. The van der Waals surface area contributed by atoms with Gasteiger partial charge in [0.05, 0.1) is 11.7 Å². The number of carbonyl (C=O) groups excluding carboxylic acids is 1. The summed E-state index contributed by atoms with van der Waals surface area (Å²) in [4.78, 5) is 14.6. The molecule has 0 radical (unpaired) electrons. The summed E-state index contributed by atoms with van der Waals surface area (Å²) in [5.41, 5.74) is 1.64. The predicted molar refractivity (Wildman–Crippen MR) is 84.1 cm³/mol. The van der Waals surface area contributed by atoms with E-state index in [0.717, 1.165) is 42.8 Å². The Kier molecular flexibility index (Phi) is 4.50. The number of nitrogens with zero attached hydrogens (tertiary/aromatic N) is 3. The number of carbonyl (C=O) groups is 1. The van der Waals surface area contributed by atoms with E-state index < -0.39 is 0 Å². The van der Waals surface area contributed by atoms with Crippen molar-refractivity contribution in [3.05, 3.63) is 35.0 Å². The van der Waals surface area contributed by atoms with Gasteiger partial charge in [-0.2, -0.15) is 0 Å². The lowest BCUT2D eigenvalue weighted by Gasteiger charge is -2.21. The molecule has 124 valence electrons. The van der Waals surface area contributed by atoms with Crippen LogP contribution in [0.4, 0.5) is 0 Å². The Bertz CT molecular complexity index is 674. The third-order valence-corrected chi connectivity index (χ3v) is 4.26. The molecule has 3 heterocycles. The molecule has 0 N–H and O–H groups in total. The van der Waals surface area contributed by atoms with Gasteiger partial charge >= 0.3 is 0 Å². The number of aryl methyl sites for hydroxylation is 1. The van der Waals surface area contributed by atoms with Crippen LogP contribution in [-0.2, 0) is 6.42 Å². The summed E-state index contributed by atoms with van der Waals surface area (Å²) in [5.74, 6) is 1.30. The first-order chi connectivity index (χ1) is 11.1. The Hall–Kier alpha value is -2.11. The maximum Gasteiger partial charge on any atom is 0.293 e.